The van der Waals surface area contributed by atoms with Crippen LogP contribution in [0.4, 0.5) is 0 Å². The predicted molar refractivity (Wildman–Crippen MR) is 51.8 cm³/mol. The van der Waals surface area contributed by atoms with Crippen LogP contribution in [0.5, 0.6) is 0 Å². The molecule has 0 aromatic carbocycles. The highest BCUT2D eigenvalue weighted by atomic mass is 16.2. The minimum Gasteiger partial charge on any atom is -0.315 e. The highest BCUT2D eigenvalue weighted by Crippen LogP contribution is 2.22. The normalized spacial score (nSPS) is 12.7. The SMILES string of the molecule is CCC(C)(C#N)C(=O)N(CC#N)CC#N. The minimum atomic E-state index is -1.15. The molecule has 5 heteroatoms. The molecule has 15 heavy (non-hydrogen) atoms. The van der Waals surface area contributed by atoms with E-state index in [1.807, 2.05) is 6.07 Å². The summed E-state index contributed by atoms with van der Waals surface area (Å²) in [5.74, 6) is -0.462. The lowest BCUT2D eigenvalue weighted by Crippen LogP contribution is -2.42. The van der Waals surface area contributed by atoms with Crippen LogP contribution in [0, 0.1) is 39.4 Å². The average Bonchev–Trinajstić information content (AvgIpc) is 2.26. The summed E-state index contributed by atoms with van der Waals surface area (Å²) >= 11 is 0. The first-order valence-corrected chi connectivity index (χ1v) is 4.50. The second-order valence-electron chi connectivity index (χ2n) is 3.27. The smallest absolute Gasteiger partial charge is 0.244 e. The molecule has 5 nitrogen and oxygen atoms in total. The number of carbonyl (C=O) groups is 1. The van der Waals surface area contributed by atoms with Gasteiger partial charge in [0.15, 0.2) is 0 Å². The molecule has 78 valence electrons. The maximum Gasteiger partial charge on any atom is 0.244 e. The predicted octanol–water partition coefficient (Wildman–Crippen LogP) is 0.802. The van der Waals surface area contributed by atoms with Crippen molar-refractivity contribution in [1.82, 2.24) is 4.90 Å². The van der Waals surface area contributed by atoms with Gasteiger partial charge in [0.05, 0.1) is 18.2 Å². The molecule has 0 aliphatic heterocycles. The lowest BCUT2D eigenvalue weighted by Gasteiger charge is -2.25. The molecule has 0 radical (unpaired) electrons. The zero-order valence-corrected chi connectivity index (χ0v) is 8.82. The number of nitriles is 3. The van der Waals surface area contributed by atoms with Gasteiger partial charge in [-0.1, -0.05) is 6.92 Å². The zero-order valence-electron chi connectivity index (χ0n) is 8.82. The molecule has 0 aliphatic rings. The Labute approximate surface area is 89.1 Å². The lowest BCUT2D eigenvalue weighted by molar-refractivity contribution is -0.137. The summed E-state index contributed by atoms with van der Waals surface area (Å²) in [4.78, 5) is 12.9. The van der Waals surface area contributed by atoms with Crippen LogP contribution in [0.15, 0.2) is 0 Å². The fraction of sp³-hybridized carbons (Fsp3) is 0.600. The molecular formula is C10H12N4O. The number of amides is 1. The van der Waals surface area contributed by atoms with Gasteiger partial charge in [-0.2, -0.15) is 15.8 Å². The molecule has 1 unspecified atom stereocenters. The Morgan fingerprint density at radius 2 is 1.73 bits per heavy atom. The maximum absolute atomic E-state index is 11.8. The van der Waals surface area contributed by atoms with Gasteiger partial charge in [-0.05, 0) is 13.3 Å². The first kappa shape index (κ1) is 12.9. The lowest BCUT2D eigenvalue weighted by atomic mass is 9.88. The van der Waals surface area contributed by atoms with E-state index in [2.05, 4.69) is 0 Å². The van der Waals surface area contributed by atoms with Crippen LogP contribution < -0.4 is 0 Å². The Morgan fingerprint density at radius 1 is 1.27 bits per heavy atom. The van der Waals surface area contributed by atoms with Gasteiger partial charge in [0, 0.05) is 0 Å². The van der Waals surface area contributed by atoms with Crippen LogP contribution in [0.3, 0.4) is 0 Å². The van der Waals surface area contributed by atoms with Gasteiger partial charge < -0.3 is 4.90 Å². The third-order valence-electron chi connectivity index (χ3n) is 2.24. The topological polar surface area (TPSA) is 91.7 Å². The summed E-state index contributed by atoms with van der Waals surface area (Å²) in [6.07, 6.45) is 0.357. The molecule has 0 spiro atoms. The zero-order chi connectivity index (χ0) is 11.9. The molecule has 0 fully saturated rings. The van der Waals surface area contributed by atoms with Crippen molar-refractivity contribution in [3.63, 3.8) is 0 Å². The Kier molecular flexibility index (Phi) is 4.85. The Morgan fingerprint density at radius 3 is 2.00 bits per heavy atom. The summed E-state index contributed by atoms with van der Waals surface area (Å²) in [5, 5.41) is 25.9. The summed E-state index contributed by atoms with van der Waals surface area (Å²) in [5.41, 5.74) is -1.15. The van der Waals surface area contributed by atoms with E-state index in [4.69, 9.17) is 15.8 Å². The monoisotopic (exact) mass is 204 g/mol. The van der Waals surface area contributed by atoms with Crippen molar-refractivity contribution in [2.75, 3.05) is 13.1 Å². The van der Waals surface area contributed by atoms with Crippen LogP contribution in [-0.4, -0.2) is 23.9 Å². The van der Waals surface area contributed by atoms with E-state index in [9.17, 15) is 4.79 Å². The van der Waals surface area contributed by atoms with Gasteiger partial charge >= 0.3 is 0 Å². The van der Waals surface area contributed by atoms with E-state index < -0.39 is 11.3 Å². The van der Waals surface area contributed by atoms with Crippen LogP contribution in [0.25, 0.3) is 0 Å². The van der Waals surface area contributed by atoms with Crippen molar-refractivity contribution in [1.29, 1.82) is 15.8 Å². The van der Waals surface area contributed by atoms with Crippen molar-refractivity contribution in [3.8, 4) is 18.2 Å². The Hall–Kier alpha value is -2.06. The van der Waals surface area contributed by atoms with Gasteiger partial charge in [-0.3, -0.25) is 4.79 Å². The largest absolute Gasteiger partial charge is 0.315 e. The molecule has 0 aromatic heterocycles. The van der Waals surface area contributed by atoms with Crippen LogP contribution in [0.2, 0.25) is 0 Å². The van der Waals surface area contributed by atoms with Gasteiger partial charge in [-0.25, -0.2) is 0 Å². The molecular weight excluding hydrogens is 192 g/mol. The van der Waals surface area contributed by atoms with Gasteiger partial charge in [-0.15, -0.1) is 0 Å². The Bertz CT molecular complexity index is 341. The van der Waals surface area contributed by atoms with Crippen LogP contribution in [0.1, 0.15) is 20.3 Å². The number of hydrogen-bond donors (Lipinski definition) is 0. The van der Waals surface area contributed by atoms with Crippen molar-refractivity contribution in [2.24, 2.45) is 5.41 Å². The fourth-order valence-electron chi connectivity index (χ4n) is 0.997. The highest BCUT2D eigenvalue weighted by molar-refractivity contribution is 5.85. The fourth-order valence-corrected chi connectivity index (χ4v) is 0.997. The highest BCUT2D eigenvalue weighted by Gasteiger charge is 2.35. The molecule has 0 N–H and O–H groups in total. The second kappa shape index (κ2) is 5.62. The van der Waals surface area contributed by atoms with E-state index >= 15 is 0 Å². The quantitative estimate of drug-likeness (QED) is 0.633. The molecule has 1 amide bonds. The van der Waals surface area contributed by atoms with Crippen molar-refractivity contribution < 1.29 is 4.79 Å². The standard InChI is InChI=1S/C10H12N4O/c1-3-10(2,8-13)9(15)14(6-4-11)7-5-12/h3,6-7H2,1-2H3. The number of nitrogens with zero attached hydrogens (tertiary/aromatic N) is 4. The molecule has 0 saturated carbocycles. The maximum atomic E-state index is 11.8. The average molecular weight is 204 g/mol. The number of rotatable bonds is 4. The summed E-state index contributed by atoms with van der Waals surface area (Å²) in [7, 11) is 0. The second-order valence-corrected chi connectivity index (χ2v) is 3.27. The minimum absolute atomic E-state index is 0.163. The van der Waals surface area contributed by atoms with E-state index in [-0.39, 0.29) is 13.1 Å². The van der Waals surface area contributed by atoms with Crippen molar-refractivity contribution in [2.45, 2.75) is 20.3 Å². The van der Waals surface area contributed by atoms with E-state index in [1.165, 1.54) is 6.92 Å². The van der Waals surface area contributed by atoms with Gasteiger partial charge in [0.1, 0.15) is 18.5 Å². The molecule has 0 saturated heterocycles. The molecule has 0 aromatic rings. The summed E-state index contributed by atoms with van der Waals surface area (Å²) in [6, 6.07) is 5.51. The van der Waals surface area contributed by atoms with Gasteiger partial charge in [0.2, 0.25) is 5.91 Å². The summed E-state index contributed by atoms with van der Waals surface area (Å²) in [6.45, 7) is 2.91. The third-order valence-corrected chi connectivity index (χ3v) is 2.24. The van der Waals surface area contributed by atoms with E-state index in [1.54, 1.807) is 19.1 Å². The summed E-state index contributed by atoms with van der Waals surface area (Å²) < 4.78 is 0. The van der Waals surface area contributed by atoms with Crippen molar-refractivity contribution >= 4 is 5.91 Å². The Balaban J connectivity index is 4.88. The molecule has 0 rings (SSSR count). The number of carbonyl (C=O) groups excluding carboxylic acids is 1. The third kappa shape index (κ3) is 2.97. The molecule has 0 bridgehead atoms. The first-order valence-electron chi connectivity index (χ1n) is 4.50. The first-order chi connectivity index (χ1) is 7.05. The molecule has 1 atom stereocenters. The van der Waals surface area contributed by atoms with Crippen LogP contribution >= 0.6 is 0 Å². The van der Waals surface area contributed by atoms with E-state index in [0.29, 0.717) is 6.42 Å². The van der Waals surface area contributed by atoms with Crippen LogP contribution in [-0.2, 0) is 4.79 Å². The molecule has 0 heterocycles. The molecule has 0 aliphatic carbocycles. The van der Waals surface area contributed by atoms with E-state index in [0.717, 1.165) is 4.90 Å². The number of hydrogen-bond acceptors (Lipinski definition) is 4. The van der Waals surface area contributed by atoms with Crippen molar-refractivity contribution in [3.05, 3.63) is 0 Å². The van der Waals surface area contributed by atoms with Gasteiger partial charge in [0.25, 0.3) is 0 Å².